The van der Waals surface area contributed by atoms with Crippen LogP contribution >= 0.6 is 0 Å². The molecule has 0 radical (unpaired) electrons. The van der Waals surface area contributed by atoms with Crippen molar-refractivity contribution < 1.29 is 4.79 Å². The lowest BCUT2D eigenvalue weighted by atomic mass is 9.53. The zero-order valence-electron chi connectivity index (χ0n) is 12.0. The summed E-state index contributed by atoms with van der Waals surface area (Å²) in [6, 6.07) is 0.0538. The van der Waals surface area contributed by atoms with Gasteiger partial charge in [-0.3, -0.25) is 0 Å². The number of carbonyl (C=O) groups is 1. The minimum atomic E-state index is 0.0538. The molecule has 4 rings (SSSR count). The van der Waals surface area contributed by atoms with Gasteiger partial charge in [0.15, 0.2) is 0 Å². The van der Waals surface area contributed by atoms with Crippen molar-refractivity contribution in [2.45, 2.75) is 50.5 Å². The normalized spacial score (nSPS) is 39.3. The van der Waals surface area contributed by atoms with E-state index in [0.717, 1.165) is 37.3 Å². The Morgan fingerprint density at radius 1 is 1.05 bits per heavy atom. The third kappa shape index (κ3) is 2.88. The van der Waals surface area contributed by atoms with Crippen LogP contribution in [0, 0.1) is 17.8 Å². The van der Waals surface area contributed by atoms with Crippen LogP contribution in [-0.2, 0) is 0 Å². The monoisotopic (exact) mass is 265 g/mol. The number of rotatable bonds is 5. The van der Waals surface area contributed by atoms with Gasteiger partial charge in [-0.1, -0.05) is 0 Å². The van der Waals surface area contributed by atoms with E-state index in [0.29, 0.717) is 0 Å². The Kier molecular flexibility index (Phi) is 3.70. The average molecular weight is 265 g/mol. The molecule has 4 nitrogen and oxygen atoms in total. The Morgan fingerprint density at radius 2 is 1.63 bits per heavy atom. The highest BCUT2D eigenvalue weighted by Crippen LogP contribution is 2.55. The lowest BCUT2D eigenvalue weighted by molar-refractivity contribution is -0.0135. The highest BCUT2D eigenvalue weighted by atomic mass is 16.2. The van der Waals surface area contributed by atoms with Crippen LogP contribution < -0.4 is 16.0 Å². The minimum absolute atomic E-state index is 0.0538. The third-order valence-corrected chi connectivity index (χ3v) is 5.31. The SMILES string of the molecule is CNCCCNC(=O)NC12CC3CC(CC(C3)C1)C2. The number of amides is 2. The molecule has 4 aliphatic carbocycles. The number of hydrogen-bond acceptors (Lipinski definition) is 2. The van der Waals surface area contributed by atoms with Crippen molar-refractivity contribution in [3.8, 4) is 0 Å². The molecule has 0 heterocycles. The molecular formula is C15H27N3O. The first-order valence-corrected chi connectivity index (χ1v) is 7.90. The van der Waals surface area contributed by atoms with Crippen LogP contribution in [0.4, 0.5) is 4.79 Å². The molecule has 0 aromatic carbocycles. The van der Waals surface area contributed by atoms with Gasteiger partial charge in [0.25, 0.3) is 0 Å². The minimum Gasteiger partial charge on any atom is -0.338 e. The molecule has 4 heteroatoms. The standard InChI is InChI=1S/C15H27N3O/c1-16-3-2-4-17-14(19)18-15-8-11-5-12(9-15)7-13(6-11)10-15/h11-13,16H,2-10H2,1H3,(H2,17,18,19). The Labute approximate surface area is 116 Å². The average Bonchev–Trinajstić information content (AvgIpc) is 2.32. The molecule has 0 atom stereocenters. The summed E-state index contributed by atoms with van der Waals surface area (Å²) in [6.45, 7) is 1.72. The second kappa shape index (κ2) is 5.31. The van der Waals surface area contributed by atoms with Gasteiger partial charge in [-0.25, -0.2) is 4.79 Å². The predicted octanol–water partition coefficient (Wildman–Crippen LogP) is 1.86. The van der Waals surface area contributed by atoms with Crippen molar-refractivity contribution in [1.82, 2.24) is 16.0 Å². The van der Waals surface area contributed by atoms with Gasteiger partial charge in [0, 0.05) is 12.1 Å². The van der Waals surface area contributed by atoms with E-state index < -0.39 is 0 Å². The quantitative estimate of drug-likeness (QED) is 0.665. The van der Waals surface area contributed by atoms with Gasteiger partial charge in [-0.2, -0.15) is 0 Å². The van der Waals surface area contributed by atoms with Crippen molar-refractivity contribution in [2.75, 3.05) is 20.1 Å². The van der Waals surface area contributed by atoms with E-state index in [1.807, 2.05) is 7.05 Å². The largest absolute Gasteiger partial charge is 0.338 e. The highest BCUT2D eigenvalue weighted by Gasteiger charge is 2.51. The zero-order valence-corrected chi connectivity index (χ0v) is 12.0. The molecule has 0 spiro atoms. The van der Waals surface area contributed by atoms with E-state index in [4.69, 9.17) is 0 Å². The molecule has 0 saturated heterocycles. The van der Waals surface area contributed by atoms with E-state index in [1.54, 1.807) is 0 Å². The molecule has 0 unspecified atom stereocenters. The fourth-order valence-corrected chi connectivity index (χ4v) is 5.02. The third-order valence-electron chi connectivity index (χ3n) is 5.31. The van der Waals surface area contributed by atoms with Crippen LogP contribution in [0.1, 0.15) is 44.9 Å². The van der Waals surface area contributed by atoms with E-state index >= 15 is 0 Å². The molecular weight excluding hydrogens is 238 g/mol. The summed E-state index contributed by atoms with van der Waals surface area (Å²) in [5, 5.41) is 9.43. The number of nitrogens with one attached hydrogen (secondary N) is 3. The summed E-state index contributed by atoms with van der Waals surface area (Å²) in [5.74, 6) is 2.66. The lowest BCUT2D eigenvalue weighted by Gasteiger charge is -2.56. The number of urea groups is 1. The molecule has 0 aromatic heterocycles. The first-order chi connectivity index (χ1) is 9.19. The second-order valence-corrected chi connectivity index (χ2v) is 7.04. The van der Waals surface area contributed by atoms with Crippen LogP contribution in [0.3, 0.4) is 0 Å². The van der Waals surface area contributed by atoms with Crippen molar-refractivity contribution in [3.05, 3.63) is 0 Å². The van der Waals surface area contributed by atoms with E-state index in [-0.39, 0.29) is 11.6 Å². The van der Waals surface area contributed by atoms with Crippen molar-refractivity contribution in [2.24, 2.45) is 17.8 Å². The van der Waals surface area contributed by atoms with Crippen LogP contribution in [0.15, 0.2) is 0 Å². The highest BCUT2D eigenvalue weighted by molar-refractivity contribution is 5.74. The Hall–Kier alpha value is -0.770. The topological polar surface area (TPSA) is 53.2 Å². The molecule has 4 bridgehead atoms. The van der Waals surface area contributed by atoms with Crippen molar-refractivity contribution in [1.29, 1.82) is 0 Å². The summed E-state index contributed by atoms with van der Waals surface area (Å²) < 4.78 is 0. The Balaban J connectivity index is 1.50. The van der Waals surface area contributed by atoms with Gasteiger partial charge in [-0.15, -0.1) is 0 Å². The van der Waals surface area contributed by atoms with E-state index in [9.17, 15) is 4.79 Å². The van der Waals surface area contributed by atoms with Crippen LogP contribution in [-0.4, -0.2) is 31.7 Å². The summed E-state index contributed by atoms with van der Waals surface area (Å²) in [6.07, 6.45) is 8.93. The molecule has 19 heavy (non-hydrogen) atoms. The number of carbonyl (C=O) groups excluding carboxylic acids is 1. The summed E-state index contributed by atoms with van der Waals surface area (Å²) in [7, 11) is 1.94. The molecule has 108 valence electrons. The van der Waals surface area contributed by atoms with Gasteiger partial charge in [-0.05, 0) is 76.3 Å². The van der Waals surface area contributed by atoms with Crippen LogP contribution in [0.25, 0.3) is 0 Å². The smallest absolute Gasteiger partial charge is 0.315 e. The van der Waals surface area contributed by atoms with Gasteiger partial charge >= 0.3 is 6.03 Å². The molecule has 0 aliphatic heterocycles. The second-order valence-electron chi connectivity index (χ2n) is 7.04. The maximum absolute atomic E-state index is 12.0. The van der Waals surface area contributed by atoms with Gasteiger partial charge in [0.05, 0.1) is 0 Å². The van der Waals surface area contributed by atoms with Crippen molar-refractivity contribution in [3.63, 3.8) is 0 Å². The summed E-state index contributed by atoms with van der Waals surface area (Å²) in [5.41, 5.74) is 0.141. The maximum Gasteiger partial charge on any atom is 0.315 e. The fraction of sp³-hybridized carbons (Fsp3) is 0.933. The number of hydrogen-bond donors (Lipinski definition) is 3. The zero-order chi connectivity index (χ0) is 13.3. The van der Waals surface area contributed by atoms with Crippen molar-refractivity contribution >= 4 is 6.03 Å². The van der Waals surface area contributed by atoms with Crippen LogP contribution in [0.5, 0.6) is 0 Å². The molecule has 4 aliphatic rings. The Morgan fingerprint density at radius 3 is 2.16 bits per heavy atom. The predicted molar refractivity (Wildman–Crippen MR) is 76.0 cm³/mol. The Bertz CT molecular complexity index is 307. The fourth-order valence-electron chi connectivity index (χ4n) is 5.02. The van der Waals surface area contributed by atoms with E-state index in [1.165, 1.54) is 38.5 Å². The molecule has 3 N–H and O–H groups in total. The molecule has 4 fully saturated rings. The molecule has 0 aromatic rings. The van der Waals surface area contributed by atoms with Gasteiger partial charge in [0.2, 0.25) is 0 Å². The summed E-state index contributed by atoms with van der Waals surface area (Å²) in [4.78, 5) is 12.0. The molecule has 2 amide bonds. The lowest BCUT2D eigenvalue weighted by Crippen LogP contribution is -2.61. The first-order valence-electron chi connectivity index (χ1n) is 7.90. The van der Waals surface area contributed by atoms with Gasteiger partial charge < -0.3 is 16.0 Å². The van der Waals surface area contributed by atoms with Gasteiger partial charge in [0.1, 0.15) is 0 Å². The first kappa shape index (κ1) is 13.2. The molecule has 4 saturated carbocycles. The summed E-state index contributed by atoms with van der Waals surface area (Å²) >= 11 is 0. The maximum atomic E-state index is 12.0. The van der Waals surface area contributed by atoms with Crippen LogP contribution in [0.2, 0.25) is 0 Å². The van der Waals surface area contributed by atoms with E-state index in [2.05, 4.69) is 16.0 Å².